The highest BCUT2D eigenvalue weighted by Gasteiger charge is 2.61. The first kappa shape index (κ1) is 20.0. The predicted octanol–water partition coefficient (Wildman–Crippen LogP) is 2.09. The fraction of sp³-hybridized carbons (Fsp3) is 0.700. The summed E-state index contributed by atoms with van der Waals surface area (Å²) in [5.74, 6) is -1.09. The second-order valence-corrected chi connectivity index (χ2v) is 8.27. The topological polar surface area (TPSA) is 94.8 Å². The predicted molar refractivity (Wildman–Crippen MR) is 94.8 cm³/mol. The monoisotopic (exact) mass is 350 g/mol. The molecule has 2 rings (SSSR count). The third-order valence-electron chi connectivity index (χ3n) is 6.12. The quantitative estimate of drug-likeness (QED) is 0.582. The van der Waals surface area contributed by atoms with Crippen molar-refractivity contribution in [2.75, 3.05) is 0 Å². The molecule has 0 radical (unpaired) electrons. The lowest BCUT2D eigenvalue weighted by Crippen LogP contribution is -2.66. The van der Waals surface area contributed by atoms with E-state index in [9.17, 15) is 24.9 Å². The van der Waals surface area contributed by atoms with Crippen LogP contribution in [0.1, 0.15) is 59.3 Å². The van der Waals surface area contributed by atoms with Crippen LogP contribution in [0.25, 0.3) is 0 Å². The van der Waals surface area contributed by atoms with Gasteiger partial charge < -0.3 is 15.3 Å². The summed E-state index contributed by atoms with van der Waals surface area (Å²) in [6, 6.07) is 0. The van der Waals surface area contributed by atoms with E-state index in [0.29, 0.717) is 31.3 Å². The maximum Gasteiger partial charge on any atom is 0.168 e. The summed E-state index contributed by atoms with van der Waals surface area (Å²) in [6.45, 7) is 9.22. The van der Waals surface area contributed by atoms with Gasteiger partial charge in [-0.25, -0.2) is 0 Å². The minimum atomic E-state index is -2.08. The summed E-state index contributed by atoms with van der Waals surface area (Å²) < 4.78 is 0. The van der Waals surface area contributed by atoms with E-state index in [1.807, 2.05) is 0 Å². The van der Waals surface area contributed by atoms with Gasteiger partial charge in [-0.1, -0.05) is 37.6 Å². The minimum Gasteiger partial charge on any atom is -0.389 e. The van der Waals surface area contributed by atoms with E-state index in [1.165, 1.54) is 0 Å². The molecule has 0 spiro atoms. The molecular weight excluding hydrogens is 320 g/mol. The normalized spacial score (nSPS) is 37.6. The van der Waals surface area contributed by atoms with Crippen LogP contribution in [0.3, 0.4) is 0 Å². The highest BCUT2D eigenvalue weighted by Crippen LogP contribution is 2.50. The van der Waals surface area contributed by atoms with Crippen molar-refractivity contribution < 1.29 is 24.9 Å². The average Bonchev–Trinajstić information content (AvgIpc) is 2.50. The minimum absolute atomic E-state index is 0.0265. The van der Waals surface area contributed by atoms with E-state index < -0.39 is 34.8 Å². The lowest BCUT2D eigenvalue weighted by molar-refractivity contribution is -0.195. The van der Waals surface area contributed by atoms with E-state index >= 15 is 0 Å². The number of Topliss-reactive ketones (excluding diaryl/α,β-unsaturated/α-hetero) is 2. The summed E-state index contributed by atoms with van der Waals surface area (Å²) in [4.78, 5) is 25.1. The number of rotatable bonds is 0. The molecule has 1 fully saturated rings. The molecule has 0 heterocycles. The van der Waals surface area contributed by atoms with Crippen LogP contribution in [-0.4, -0.2) is 44.7 Å². The summed E-state index contributed by atoms with van der Waals surface area (Å²) in [6.07, 6.45) is 1.53. The fourth-order valence-corrected chi connectivity index (χ4v) is 4.36. The number of carbonyl (C=O) groups is 2. The van der Waals surface area contributed by atoms with Crippen molar-refractivity contribution in [1.82, 2.24) is 0 Å². The standard InChI is InChI=1S/C20H30O5/c1-12-5-6-14-7-8-17(23)20(25,19(14,3)4)18(24)16(22)11-13(2)10-15(21)9-12/h10,14-15,18,21,24-25H,1,5-9,11H2,2-4H3. The Morgan fingerprint density at radius 1 is 1.16 bits per heavy atom. The lowest BCUT2D eigenvalue weighted by Gasteiger charge is -2.51. The van der Waals surface area contributed by atoms with E-state index in [-0.39, 0.29) is 18.8 Å². The Bertz CT molecular complexity index is 603. The summed E-state index contributed by atoms with van der Waals surface area (Å²) in [7, 11) is 0. The van der Waals surface area contributed by atoms with Crippen LogP contribution in [0.15, 0.2) is 23.8 Å². The summed E-state index contributed by atoms with van der Waals surface area (Å²) >= 11 is 0. The van der Waals surface area contributed by atoms with Gasteiger partial charge >= 0.3 is 0 Å². The van der Waals surface area contributed by atoms with E-state index in [0.717, 1.165) is 5.57 Å². The molecule has 4 atom stereocenters. The Morgan fingerprint density at radius 3 is 2.40 bits per heavy atom. The summed E-state index contributed by atoms with van der Waals surface area (Å²) in [5.41, 5.74) is -1.51. The maximum atomic E-state index is 12.5. The number of carbonyl (C=O) groups excluding carboxylic acids is 2. The Morgan fingerprint density at radius 2 is 1.76 bits per heavy atom. The lowest BCUT2D eigenvalue weighted by atomic mass is 9.55. The van der Waals surface area contributed by atoms with Gasteiger partial charge in [0.25, 0.3) is 0 Å². The van der Waals surface area contributed by atoms with Crippen molar-refractivity contribution in [2.24, 2.45) is 11.3 Å². The van der Waals surface area contributed by atoms with Crippen LogP contribution in [0.5, 0.6) is 0 Å². The number of aliphatic hydroxyl groups excluding tert-OH is 2. The van der Waals surface area contributed by atoms with E-state index in [1.54, 1.807) is 26.8 Å². The number of aliphatic hydroxyl groups is 3. The maximum absolute atomic E-state index is 12.5. The van der Waals surface area contributed by atoms with Gasteiger partial charge in [-0.05, 0) is 38.5 Å². The Balaban J connectivity index is 2.47. The molecule has 0 amide bonds. The molecular formula is C20H30O5. The number of fused-ring (bicyclic) bond motifs is 2. The third-order valence-corrected chi connectivity index (χ3v) is 6.12. The van der Waals surface area contributed by atoms with Crippen molar-refractivity contribution >= 4 is 11.6 Å². The molecule has 0 aromatic carbocycles. The second kappa shape index (κ2) is 7.14. The fourth-order valence-electron chi connectivity index (χ4n) is 4.36. The van der Waals surface area contributed by atoms with Crippen molar-refractivity contribution in [1.29, 1.82) is 0 Å². The molecule has 2 bridgehead atoms. The Kier molecular flexibility index (Phi) is 5.71. The third kappa shape index (κ3) is 3.64. The summed E-state index contributed by atoms with van der Waals surface area (Å²) in [5, 5.41) is 31.9. The molecule has 0 aliphatic heterocycles. The molecule has 25 heavy (non-hydrogen) atoms. The molecule has 5 heteroatoms. The number of hydrogen-bond donors (Lipinski definition) is 3. The van der Waals surface area contributed by atoms with Crippen molar-refractivity contribution in [3.8, 4) is 0 Å². The highest BCUT2D eigenvalue weighted by atomic mass is 16.4. The highest BCUT2D eigenvalue weighted by molar-refractivity contribution is 5.98. The number of ketones is 2. The average molecular weight is 350 g/mol. The van der Waals surface area contributed by atoms with Crippen LogP contribution >= 0.6 is 0 Å². The Labute approximate surface area is 149 Å². The van der Waals surface area contributed by atoms with Gasteiger partial charge in [0.15, 0.2) is 17.2 Å². The van der Waals surface area contributed by atoms with Crippen LogP contribution in [-0.2, 0) is 9.59 Å². The molecule has 0 aromatic heterocycles. The van der Waals surface area contributed by atoms with Crippen LogP contribution in [0.4, 0.5) is 0 Å². The van der Waals surface area contributed by atoms with Gasteiger partial charge in [0.2, 0.25) is 0 Å². The number of hydrogen-bond acceptors (Lipinski definition) is 5. The van der Waals surface area contributed by atoms with Gasteiger partial charge in [-0.15, -0.1) is 0 Å². The van der Waals surface area contributed by atoms with Gasteiger partial charge in [0.1, 0.15) is 6.10 Å². The van der Waals surface area contributed by atoms with E-state index in [4.69, 9.17) is 0 Å². The van der Waals surface area contributed by atoms with E-state index in [2.05, 4.69) is 6.58 Å². The molecule has 4 unspecified atom stereocenters. The molecule has 2 aliphatic rings. The van der Waals surface area contributed by atoms with Crippen molar-refractivity contribution in [2.45, 2.75) is 77.1 Å². The first-order chi connectivity index (χ1) is 11.5. The molecule has 2 aliphatic carbocycles. The smallest absolute Gasteiger partial charge is 0.168 e. The first-order valence-corrected chi connectivity index (χ1v) is 8.98. The second-order valence-electron chi connectivity index (χ2n) is 8.27. The molecule has 1 saturated carbocycles. The van der Waals surface area contributed by atoms with Crippen molar-refractivity contribution in [3.05, 3.63) is 23.8 Å². The zero-order valence-electron chi connectivity index (χ0n) is 15.4. The van der Waals surface area contributed by atoms with Gasteiger partial charge in [0.05, 0.1) is 6.10 Å². The van der Waals surface area contributed by atoms with Gasteiger partial charge in [0, 0.05) is 18.3 Å². The Hall–Kier alpha value is -1.30. The zero-order chi connectivity index (χ0) is 19.0. The van der Waals surface area contributed by atoms with Crippen LogP contribution in [0.2, 0.25) is 0 Å². The van der Waals surface area contributed by atoms with Gasteiger partial charge in [-0.2, -0.15) is 0 Å². The molecule has 5 nitrogen and oxygen atoms in total. The molecule has 140 valence electrons. The van der Waals surface area contributed by atoms with Crippen LogP contribution < -0.4 is 0 Å². The van der Waals surface area contributed by atoms with Crippen molar-refractivity contribution in [3.63, 3.8) is 0 Å². The SMILES string of the molecule is C=C1CCC2CCC(=O)C(O)(C(O)C(=O)CC(C)=CC(O)C1)C2(C)C. The molecule has 0 aromatic rings. The first-order valence-electron chi connectivity index (χ1n) is 8.98. The zero-order valence-corrected chi connectivity index (χ0v) is 15.4. The van der Waals surface area contributed by atoms with Gasteiger partial charge in [-0.3, -0.25) is 9.59 Å². The number of allylic oxidation sites excluding steroid dienone is 1. The molecule has 3 N–H and O–H groups in total. The molecule has 0 saturated heterocycles. The van der Waals surface area contributed by atoms with Crippen LogP contribution in [0, 0.1) is 11.3 Å². The largest absolute Gasteiger partial charge is 0.389 e.